The summed E-state index contributed by atoms with van der Waals surface area (Å²) in [6.07, 6.45) is 0. The Morgan fingerprint density at radius 3 is 2.70 bits per heavy atom. The molecule has 0 aliphatic rings. The Hall–Kier alpha value is -3.26. The zero-order chi connectivity index (χ0) is 19.2. The van der Waals surface area contributed by atoms with Gasteiger partial charge in [0.2, 0.25) is 11.7 Å². The molecule has 0 fully saturated rings. The third-order valence-electron chi connectivity index (χ3n) is 3.89. The summed E-state index contributed by atoms with van der Waals surface area (Å²) >= 11 is 5.30. The van der Waals surface area contributed by atoms with Gasteiger partial charge in [-0.05, 0) is 36.8 Å². The average molecular weight is 382 g/mol. The molecule has 0 aliphatic heterocycles. The number of hydrogen-bond donors (Lipinski definition) is 2. The van der Waals surface area contributed by atoms with Crippen molar-refractivity contribution in [2.45, 2.75) is 13.5 Å². The number of ether oxygens (including phenoxy) is 1. The van der Waals surface area contributed by atoms with Crippen molar-refractivity contribution in [1.82, 2.24) is 15.5 Å². The van der Waals surface area contributed by atoms with Crippen molar-refractivity contribution < 1.29 is 14.1 Å². The van der Waals surface area contributed by atoms with E-state index in [1.165, 1.54) is 7.11 Å². The van der Waals surface area contributed by atoms with E-state index in [0.29, 0.717) is 28.1 Å². The molecule has 0 saturated heterocycles. The molecule has 0 amide bonds. The van der Waals surface area contributed by atoms with Crippen molar-refractivity contribution in [1.29, 1.82) is 0 Å². The number of nitrogens with zero attached hydrogens (tertiary/aromatic N) is 2. The van der Waals surface area contributed by atoms with E-state index in [1.807, 2.05) is 43.3 Å². The van der Waals surface area contributed by atoms with Crippen LogP contribution in [0.2, 0.25) is 0 Å². The maximum Gasteiger partial charge on any atom is 0.338 e. The van der Waals surface area contributed by atoms with Gasteiger partial charge in [-0.15, -0.1) is 0 Å². The molecule has 7 nitrogen and oxygen atoms in total. The van der Waals surface area contributed by atoms with Gasteiger partial charge < -0.3 is 19.9 Å². The molecule has 138 valence electrons. The second kappa shape index (κ2) is 8.41. The first-order valence-corrected chi connectivity index (χ1v) is 8.60. The molecule has 1 heterocycles. The summed E-state index contributed by atoms with van der Waals surface area (Å²) in [6.45, 7) is 2.10. The van der Waals surface area contributed by atoms with Crippen molar-refractivity contribution >= 4 is 29.0 Å². The highest BCUT2D eigenvalue weighted by molar-refractivity contribution is 7.80. The Balaban J connectivity index is 1.61. The quantitative estimate of drug-likeness (QED) is 0.513. The number of anilines is 1. The van der Waals surface area contributed by atoms with E-state index in [2.05, 4.69) is 20.8 Å². The van der Waals surface area contributed by atoms with Crippen LogP contribution in [0.1, 0.15) is 21.8 Å². The van der Waals surface area contributed by atoms with E-state index < -0.39 is 5.97 Å². The SMILES string of the molecule is COC(=O)c1cccc(NC(=S)NCc2nc(-c3ccccc3)no2)c1C. The molecule has 2 N–H and O–H groups in total. The van der Waals surface area contributed by atoms with E-state index in [1.54, 1.807) is 12.1 Å². The van der Waals surface area contributed by atoms with Crippen molar-refractivity contribution in [2.75, 3.05) is 12.4 Å². The van der Waals surface area contributed by atoms with Gasteiger partial charge in [-0.2, -0.15) is 4.98 Å². The highest BCUT2D eigenvalue weighted by Crippen LogP contribution is 2.20. The maximum absolute atomic E-state index is 11.8. The Morgan fingerprint density at radius 2 is 1.96 bits per heavy atom. The Kier molecular flexibility index (Phi) is 5.77. The molecule has 1 aromatic heterocycles. The van der Waals surface area contributed by atoms with Crippen LogP contribution in [0, 0.1) is 6.92 Å². The van der Waals surface area contributed by atoms with Crippen LogP contribution < -0.4 is 10.6 Å². The summed E-state index contributed by atoms with van der Waals surface area (Å²) in [4.78, 5) is 16.1. The molecule has 0 bridgehead atoms. The standard InChI is InChI=1S/C19H18N4O3S/c1-12-14(18(24)25-2)9-6-10-15(12)21-19(27)20-11-16-22-17(23-26-16)13-7-4-3-5-8-13/h3-10H,11H2,1-2H3,(H2,20,21,27). The van der Waals surface area contributed by atoms with Crippen LogP contribution in [0.3, 0.4) is 0 Å². The number of thiocarbonyl (C=S) groups is 1. The number of rotatable bonds is 5. The molecule has 0 radical (unpaired) electrons. The van der Waals surface area contributed by atoms with Crippen LogP contribution in [0.15, 0.2) is 53.1 Å². The molecule has 3 aromatic rings. The van der Waals surface area contributed by atoms with E-state index in [-0.39, 0.29) is 6.54 Å². The number of aromatic nitrogens is 2. The summed E-state index contributed by atoms with van der Waals surface area (Å²) in [7, 11) is 1.35. The molecule has 27 heavy (non-hydrogen) atoms. The average Bonchev–Trinajstić information content (AvgIpc) is 3.17. The normalized spacial score (nSPS) is 10.3. The van der Waals surface area contributed by atoms with Crippen LogP contribution in [0.25, 0.3) is 11.4 Å². The predicted octanol–water partition coefficient (Wildman–Crippen LogP) is 3.32. The van der Waals surface area contributed by atoms with Crippen LogP contribution in [-0.4, -0.2) is 28.3 Å². The van der Waals surface area contributed by atoms with Gasteiger partial charge in [0, 0.05) is 11.3 Å². The predicted molar refractivity (Wildman–Crippen MR) is 105 cm³/mol. The lowest BCUT2D eigenvalue weighted by Gasteiger charge is -2.13. The molecule has 8 heteroatoms. The minimum Gasteiger partial charge on any atom is -0.465 e. The number of hydrogen-bond acceptors (Lipinski definition) is 6. The van der Waals surface area contributed by atoms with Crippen molar-refractivity contribution in [2.24, 2.45) is 0 Å². The monoisotopic (exact) mass is 382 g/mol. The Morgan fingerprint density at radius 1 is 1.19 bits per heavy atom. The first-order valence-electron chi connectivity index (χ1n) is 8.19. The van der Waals surface area contributed by atoms with Crippen LogP contribution in [-0.2, 0) is 11.3 Å². The van der Waals surface area contributed by atoms with Crippen molar-refractivity contribution in [3.05, 3.63) is 65.5 Å². The molecule has 0 unspecified atom stereocenters. The van der Waals surface area contributed by atoms with Gasteiger partial charge in [-0.3, -0.25) is 0 Å². The van der Waals surface area contributed by atoms with E-state index in [4.69, 9.17) is 21.5 Å². The summed E-state index contributed by atoms with van der Waals surface area (Å²) in [5.41, 5.74) is 2.82. The van der Waals surface area contributed by atoms with Crippen LogP contribution in [0.4, 0.5) is 5.69 Å². The third-order valence-corrected chi connectivity index (χ3v) is 4.13. The topological polar surface area (TPSA) is 89.3 Å². The smallest absolute Gasteiger partial charge is 0.338 e. The zero-order valence-corrected chi connectivity index (χ0v) is 15.7. The van der Waals surface area contributed by atoms with Gasteiger partial charge in [0.05, 0.1) is 19.2 Å². The zero-order valence-electron chi connectivity index (χ0n) is 14.9. The lowest BCUT2D eigenvalue weighted by atomic mass is 10.1. The van der Waals surface area contributed by atoms with Gasteiger partial charge in [0.1, 0.15) is 0 Å². The minimum atomic E-state index is -0.394. The highest BCUT2D eigenvalue weighted by Gasteiger charge is 2.13. The molecule has 0 saturated carbocycles. The number of methoxy groups -OCH3 is 1. The number of nitrogens with one attached hydrogen (secondary N) is 2. The van der Waals surface area contributed by atoms with Crippen LogP contribution >= 0.6 is 12.2 Å². The van der Waals surface area contributed by atoms with E-state index >= 15 is 0 Å². The van der Waals surface area contributed by atoms with Crippen molar-refractivity contribution in [3.63, 3.8) is 0 Å². The Labute approximate surface area is 161 Å². The molecular weight excluding hydrogens is 364 g/mol. The second-order valence-corrected chi connectivity index (χ2v) is 6.06. The molecule has 3 rings (SSSR count). The first-order chi connectivity index (χ1) is 13.1. The van der Waals surface area contributed by atoms with Gasteiger partial charge in [0.15, 0.2) is 5.11 Å². The summed E-state index contributed by atoms with van der Waals surface area (Å²) < 4.78 is 10.0. The van der Waals surface area contributed by atoms with E-state index in [0.717, 1.165) is 11.1 Å². The third kappa shape index (κ3) is 4.48. The fourth-order valence-electron chi connectivity index (χ4n) is 2.46. The minimum absolute atomic E-state index is 0.279. The van der Waals surface area contributed by atoms with Gasteiger partial charge in [-0.1, -0.05) is 41.6 Å². The number of benzene rings is 2. The maximum atomic E-state index is 11.8. The van der Waals surface area contributed by atoms with Gasteiger partial charge in [0.25, 0.3) is 0 Å². The largest absolute Gasteiger partial charge is 0.465 e. The number of carbonyl (C=O) groups is 1. The van der Waals surface area contributed by atoms with Crippen LogP contribution in [0.5, 0.6) is 0 Å². The molecule has 0 atom stereocenters. The molecule has 0 spiro atoms. The fourth-order valence-corrected chi connectivity index (χ4v) is 2.64. The summed E-state index contributed by atoms with van der Waals surface area (Å²) in [5.74, 6) is 0.542. The molecule has 2 aromatic carbocycles. The Bertz CT molecular complexity index is 957. The molecule has 0 aliphatic carbocycles. The van der Waals surface area contributed by atoms with Crippen molar-refractivity contribution in [3.8, 4) is 11.4 Å². The summed E-state index contributed by atoms with van der Waals surface area (Å²) in [6, 6.07) is 14.8. The fraction of sp³-hybridized carbons (Fsp3) is 0.158. The summed E-state index contributed by atoms with van der Waals surface area (Å²) in [5, 5.41) is 10.4. The van der Waals surface area contributed by atoms with Gasteiger partial charge >= 0.3 is 5.97 Å². The number of carbonyl (C=O) groups excluding carboxylic acids is 1. The highest BCUT2D eigenvalue weighted by atomic mass is 32.1. The second-order valence-electron chi connectivity index (χ2n) is 5.66. The first kappa shape index (κ1) is 18.5. The lowest BCUT2D eigenvalue weighted by Crippen LogP contribution is -2.28. The van der Waals surface area contributed by atoms with Gasteiger partial charge in [-0.25, -0.2) is 4.79 Å². The molecular formula is C19H18N4O3S. The number of esters is 1. The lowest BCUT2D eigenvalue weighted by molar-refractivity contribution is 0.0600. The van der Waals surface area contributed by atoms with E-state index in [9.17, 15) is 4.79 Å².